The van der Waals surface area contributed by atoms with Crippen molar-refractivity contribution in [3.8, 4) is 0 Å². The molecule has 0 spiro atoms. The first-order valence-electron chi connectivity index (χ1n) is 7.78. The molecule has 0 saturated heterocycles. The van der Waals surface area contributed by atoms with Gasteiger partial charge in [-0.05, 0) is 11.8 Å². The first-order valence-corrected chi connectivity index (χ1v) is 7.78. The normalized spacial score (nSPS) is 44.2. The summed E-state index contributed by atoms with van der Waals surface area (Å²) in [6.07, 6.45) is 27.8. The standard InChI is InChI=1S/C19H22.Hf/c1-2-6-17-11-14(10-16(17)5-1)9-15-12-18-7-3-4-8-19(18)13-15;/h1-8,10,12,14-19H,9,11,13H2;/q-2;. The molecule has 6 unspecified atom stereocenters. The minimum Gasteiger partial charge on any atom is -0.318 e. The summed E-state index contributed by atoms with van der Waals surface area (Å²) in [5, 5.41) is 0. The summed E-state index contributed by atoms with van der Waals surface area (Å²) in [6, 6.07) is 0. The molecule has 0 N–H and O–H groups in total. The quantitative estimate of drug-likeness (QED) is 0.447. The van der Waals surface area contributed by atoms with Crippen LogP contribution in [0.1, 0.15) is 19.3 Å². The number of fused-ring (bicyclic) bond motifs is 2. The van der Waals surface area contributed by atoms with Crippen molar-refractivity contribution in [3.63, 3.8) is 0 Å². The van der Waals surface area contributed by atoms with E-state index in [1.165, 1.54) is 19.3 Å². The van der Waals surface area contributed by atoms with Gasteiger partial charge in [0.05, 0.1) is 0 Å². The molecule has 4 aliphatic rings. The van der Waals surface area contributed by atoms with Crippen LogP contribution in [0.2, 0.25) is 0 Å². The summed E-state index contributed by atoms with van der Waals surface area (Å²) >= 11 is 0. The Morgan fingerprint density at radius 1 is 0.700 bits per heavy atom. The van der Waals surface area contributed by atoms with Gasteiger partial charge in [0.2, 0.25) is 0 Å². The maximum Gasteiger partial charge on any atom is 0 e. The molecule has 0 bridgehead atoms. The van der Waals surface area contributed by atoms with E-state index in [9.17, 15) is 0 Å². The van der Waals surface area contributed by atoms with Gasteiger partial charge in [-0.15, -0.1) is 30.4 Å². The summed E-state index contributed by atoms with van der Waals surface area (Å²) in [5.41, 5.74) is 0. The Morgan fingerprint density at radius 3 is 1.60 bits per heavy atom. The van der Waals surface area contributed by atoms with Gasteiger partial charge in [-0.3, -0.25) is 0 Å². The van der Waals surface area contributed by atoms with Gasteiger partial charge in [-0.1, -0.05) is 49.3 Å². The molecular formula is C19H22Hf-2. The molecule has 6 atom stereocenters. The SMILES string of the molecule is C1=CC2[CH-]C(CC3[CH-]C4C=CC=CC4C3)CC2C=C1.[Hf]. The van der Waals surface area contributed by atoms with Crippen LogP contribution in [0.5, 0.6) is 0 Å². The van der Waals surface area contributed by atoms with E-state index in [4.69, 9.17) is 0 Å². The molecule has 0 aromatic rings. The van der Waals surface area contributed by atoms with Crippen LogP contribution in [0.3, 0.4) is 0 Å². The molecule has 0 amide bonds. The van der Waals surface area contributed by atoms with Crippen LogP contribution in [0.25, 0.3) is 0 Å². The van der Waals surface area contributed by atoms with Crippen LogP contribution in [-0.4, -0.2) is 0 Å². The van der Waals surface area contributed by atoms with E-state index in [1.807, 2.05) is 0 Å². The van der Waals surface area contributed by atoms with Crippen molar-refractivity contribution in [2.45, 2.75) is 19.3 Å². The molecule has 4 rings (SSSR count). The van der Waals surface area contributed by atoms with Crippen LogP contribution in [-0.2, 0) is 25.8 Å². The largest absolute Gasteiger partial charge is 0.318 e. The van der Waals surface area contributed by atoms with E-state index in [1.54, 1.807) is 0 Å². The first kappa shape index (κ1) is 14.8. The van der Waals surface area contributed by atoms with Gasteiger partial charge in [0, 0.05) is 25.8 Å². The van der Waals surface area contributed by atoms with Crippen molar-refractivity contribution in [2.24, 2.45) is 35.5 Å². The Labute approximate surface area is 141 Å². The van der Waals surface area contributed by atoms with Gasteiger partial charge in [0.15, 0.2) is 0 Å². The van der Waals surface area contributed by atoms with E-state index in [-0.39, 0.29) is 25.8 Å². The predicted molar refractivity (Wildman–Crippen MR) is 80.0 cm³/mol. The Kier molecular flexibility index (Phi) is 4.65. The van der Waals surface area contributed by atoms with Crippen LogP contribution < -0.4 is 0 Å². The maximum absolute atomic E-state index is 2.62. The minimum atomic E-state index is 0. The topological polar surface area (TPSA) is 0 Å². The van der Waals surface area contributed by atoms with Gasteiger partial charge in [-0.2, -0.15) is 11.8 Å². The second kappa shape index (κ2) is 6.30. The molecule has 0 aromatic carbocycles. The average Bonchev–Trinajstić information content (AvgIpc) is 3.00. The van der Waals surface area contributed by atoms with E-state index in [0.29, 0.717) is 0 Å². The van der Waals surface area contributed by atoms with Gasteiger partial charge < -0.3 is 12.8 Å². The minimum absolute atomic E-state index is 0. The second-order valence-electron chi connectivity index (χ2n) is 6.63. The summed E-state index contributed by atoms with van der Waals surface area (Å²) in [7, 11) is 0. The Balaban J connectivity index is 0.00000121. The molecule has 0 nitrogen and oxygen atoms in total. The fraction of sp³-hybridized carbons (Fsp3) is 0.474. The molecule has 0 aliphatic heterocycles. The zero-order valence-corrected chi connectivity index (χ0v) is 15.5. The molecule has 20 heavy (non-hydrogen) atoms. The fourth-order valence-corrected chi connectivity index (χ4v) is 4.45. The van der Waals surface area contributed by atoms with Crippen molar-refractivity contribution < 1.29 is 25.8 Å². The number of hydrogen-bond donors (Lipinski definition) is 0. The molecule has 4 aliphatic carbocycles. The second-order valence-corrected chi connectivity index (χ2v) is 6.63. The molecule has 2 fully saturated rings. The third-order valence-electron chi connectivity index (χ3n) is 5.34. The smallest absolute Gasteiger partial charge is 0 e. The Bertz CT molecular complexity index is 374. The van der Waals surface area contributed by atoms with E-state index in [0.717, 1.165) is 35.5 Å². The molecule has 1 heteroatoms. The van der Waals surface area contributed by atoms with Crippen LogP contribution >= 0.6 is 0 Å². The van der Waals surface area contributed by atoms with Crippen molar-refractivity contribution in [1.29, 1.82) is 0 Å². The summed E-state index contributed by atoms with van der Waals surface area (Å²) in [5.74, 6) is 4.68. The zero-order chi connectivity index (χ0) is 12.7. The third-order valence-corrected chi connectivity index (χ3v) is 5.34. The Hall–Kier alpha value is -0.170. The number of allylic oxidation sites excluding steroid dienone is 8. The van der Waals surface area contributed by atoms with Crippen molar-refractivity contribution in [2.75, 3.05) is 0 Å². The molecule has 104 valence electrons. The Morgan fingerprint density at radius 2 is 1.15 bits per heavy atom. The predicted octanol–water partition coefficient (Wildman–Crippen LogP) is 4.54. The zero-order valence-electron chi connectivity index (χ0n) is 11.9. The van der Waals surface area contributed by atoms with Gasteiger partial charge in [0.1, 0.15) is 0 Å². The monoisotopic (exact) mass is 430 g/mol. The van der Waals surface area contributed by atoms with E-state index >= 15 is 0 Å². The number of rotatable bonds is 2. The van der Waals surface area contributed by atoms with Crippen molar-refractivity contribution >= 4 is 0 Å². The first-order chi connectivity index (χ1) is 9.38. The van der Waals surface area contributed by atoms with E-state index in [2.05, 4.69) is 61.4 Å². The molecule has 0 heterocycles. The summed E-state index contributed by atoms with van der Waals surface area (Å²) in [6.45, 7) is 0. The van der Waals surface area contributed by atoms with Crippen molar-refractivity contribution in [3.05, 3.63) is 61.4 Å². The summed E-state index contributed by atoms with van der Waals surface area (Å²) in [4.78, 5) is 0. The summed E-state index contributed by atoms with van der Waals surface area (Å²) < 4.78 is 0. The van der Waals surface area contributed by atoms with Crippen molar-refractivity contribution in [1.82, 2.24) is 0 Å². The van der Waals surface area contributed by atoms with Crippen LogP contribution in [0, 0.1) is 48.3 Å². The molecule has 0 aromatic heterocycles. The van der Waals surface area contributed by atoms with Gasteiger partial charge >= 0.3 is 0 Å². The average molecular weight is 429 g/mol. The van der Waals surface area contributed by atoms with Gasteiger partial charge in [-0.25, -0.2) is 0 Å². The third kappa shape index (κ3) is 2.89. The van der Waals surface area contributed by atoms with E-state index < -0.39 is 0 Å². The van der Waals surface area contributed by atoms with Crippen LogP contribution in [0.4, 0.5) is 0 Å². The fourth-order valence-electron chi connectivity index (χ4n) is 4.45. The molecule has 2 saturated carbocycles. The maximum atomic E-state index is 2.62. The van der Waals surface area contributed by atoms with Gasteiger partial charge in [0.25, 0.3) is 0 Å². The van der Waals surface area contributed by atoms with Crippen LogP contribution in [0.15, 0.2) is 48.6 Å². The molecule has 0 radical (unpaired) electrons. The molecular weight excluding hydrogens is 407 g/mol. The number of hydrogen-bond acceptors (Lipinski definition) is 0.